The number of hydrogen-bond donors (Lipinski definition) is 2. The smallest absolute Gasteiger partial charge is 0.305 e. The maximum absolute atomic E-state index is 12.2. The lowest BCUT2D eigenvalue weighted by molar-refractivity contribution is -0.138. The summed E-state index contributed by atoms with van der Waals surface area (Å²) in [5.41, 5.74) is 1.20. The first kappa shape index (κ1) is 13.2. The number of rotatable bonds is 6. The standard InChI is InChI=1S/C16H19NO3/c18-15(19)9-14(11-6-7-11)17-16(20)13-8-12(13)10-4-2-1-3-5-10/h1-5,11-14H,6-9H2,(H,17,20)(H,18,19). The minimum atomic E-state index is -0.836. The molecule has 1 aromatic carbocycles. The second-order valence-corrected chi connectivity index (χ2v) is 5.91. The van der Waals surface area contributed by atoms with Gasteiger partial charge in [-0.1, -0.05) is 30.3 Å². The number of benzene rings is 1. The molecule has 106 valence electrons. The molecule has 0 saturated heterocycles. The molecule has 2 aliphatic rings. The van der Waals surface area contributed by atoms with Gasteiger partial charge in [-0.3, -0.25) is 9.59 Å². The predicted molar refractivity (Wildman–Crippen MR) is 74.2 cm³/mol. The lowest BCUT2D eigenvalue weighted by Gasteiger charge is -2.16. The van der Waals surface area contributed by atoms with Gasteiger partial charge in [-0.2, -0.15) is 0 Å². The molecule has 4 nitrogen and oxygen atoms in total. The Morgan fingerprint density at radius 1 is 1.25 bits per heavy atom. The summed E-state index contributed by atoms with van der Waals surface area (Å²) in [4.78, 5) is 23.1. The maximum atomic E-state index is 12.2. The molecule has 0 aromatic heterocycles. The number of carbonyl (C=O) groups is 2. The summed E-state index contributed by atoms with van der Waals surface area (Å²) in [7, 11) is 0. The first-order valence-corrected chi connectivity index (χ1v) is 7.22. The molecule has 2 N–H and O–H groups in total. The van der Waals surface area contributed by atoms with Crippen LogP contribution in [0, 0.1) is 11.8 Å². The summed E-state index contributed by atoms with van der Waals surface area (Å²) >= 11 is 0. The Morgan fingerprint density at radius 3 is 2.55 bits per heavy atom. The highest BCUT2D eigenvalue weighted by atomic mass is 16.4. The molecule has 3 rings (SSSR count). The highest BCUT2D eigenvalue weighted by Crippen LogP contribution is 2.47. The second kappa shape index (κ2) is 5.27. The van der Waals surface area contributed by atoms with Gasteiger partial charge in [0.2, 0.25) is 5.91 Å². The predicted octanol–water partition coefficient (Wildman–Crippen LogP) is 2.16. The van der Waals surface area contributed by atoms with Crippen LogP contribution in [0.2, 0.25) is 0 Å². The van der Waals surface area contributed by atoms with Crippen molar-refractivity contribution in [2.24, 2.45) is 11.8 Å². The molecule has 0 bridgehead atoms. The Kier molecular flexibility index (Phi) is 3.47. The van der Waals surface area contributed by atoms with Gasteiger partial charge in [0.15, 0.2) is 0 Å². The third-order valence-corrected chi connectivity index (χ3v) is 4.27. The maximum Gasteiger partial charge on any atom is 0.305 e. The van der Waals surface area contributed by atoms with Gasteiger partial charge in [-0.25, -0.2) is 0 Å². The van der Waals surface area contributed by atoms with Gasteiger partial charge in [0.25, 0.3) is 0 Å². The summed E-state index contributed by atoms with van der Waals surface area (Å²) in [5.74, 6) is -0.119. The first-order valence-electron chi connectivity index (χ1n) is 7.22. The molecule has 3 atom stereocenters. The van der Waals surface area contributed by atoms with Crippen LogP contribution in [0.1, 0.15) is 37.2 Å². The summed E-state index contributed by atoms with van der Waals surface area (Å²) in [6, 6.07) is 9.86. The van der Waals surface area contributed by atoms with E-state index in [-0.39, 0.29) is 24.3 Å². The number of hydrogen-bond acceptors (Lipinski definition) is 2. The van der Waals surface area contributed by atoms with E-state index in [2.05, 4.69) is 5.32 Å². The molecule has 2 saturated carbocycles. The van der Waals surface area contributed by atoms with Crippen molar-refractivity contribution in [1.82, 2.24) is 5.32 Å². The zero-order valence-electron chi connectivity index (χ0n) is 11.3. The quantitative estimate of drug-likeness (QED) is 0.834. The first-order chi connectivity index (χ1) is 9.65. The molecule has 1 amide bonds. The van der Waals surface area contributed by atoms with E-state index in [1.807, 2.05) is 30.3 Å². The average molecular weight is 273 g/mol. The van der Waals surface area contributed by atoms with Gasteiger partial charge in [0.05, 0.1) is 6.42 Å². The highest BCUT2D eigenvalue weighted by Gasteiger charge is 2.45. The Morgan fingerprint density at radius 2 is 1.95 bits per heavy atom. The van der Waals surface area contributed by atoms with Crippen LogP contribution in [-0.4, -0.2) is 23.0 Å². The van der Waals surface area contributed by atoms with Crippen molar-refractivity contribution < 1.29 is 14.7 Å². The van der Waals surface area contributed by atoms with Crippen LogP contribution in [-0.2, 0) is 9.59 Å². The SMILES string of the molecule is O=C(O)CC(NC(=O)C1CC1c1ccccc1)C1CC1. The van der Waals surface area contributed by atoms with E-state index in [1.165, 1.54) is 5.56 Å². The van der Waals surface area contributed by atoms with Gasteiger partial charge in [-0.05, 0) is 36.7 Å². The van der Waals surface area contributed by atoms with Gasteiger partial charge in [0.1, 0.15) is 0 Å². The van der Waals surface area contributed by atoms with Gasteiger partial charge in [0, 0.05) is 12.0 Å². The van der Waals surface area contributed by atoms with Crippen molar-refractivity contribution in [2.45, 2.75) is 37.6 Å². The fourth-order valence-electron chi connectivity index (χ4n) is 2.87. The molecule has 0 heterocycles. The van der Waals surface area contributed by atoms with E-state index in [0.29, 0.717) is 11.8 Å². The van der Waals surface area contributed by atoms with Crippen molar-refractivity contribution in [3.63, 3.8) is 0 Å². The minimum absolute atomic E-state index is 0.0208. The van der Waals surface area contributed by atoms with E-state index in [9.17, 15) is 9.59 Å². The third-order valence-electron chi connectivity index (χ3n) is 4.27. The number of carboxylic acids is 1. The molecule has 0 spiro atoms. The van der Waals surface area contributed by atoms with Crippen molar-refractivity contribution in [3.8, 4) is 0 Å². The minimum Gasteiger partial charge on any atom is -0.481 e. The molecule has 0 aliphatic heterocycles. The molecule has 2 fully saturated rings. The molecule has 2 aliphatic carbocycles. The van der Waals surface area contributed by atoms with Crippen LogP contribution in [0.4, 0.5) is 0 Å². The Balaban J connectivity index is 1.56. The van der Waals surface area contributed by atoms with Crippen LogP contribution in [0.25, 0.3) is 0 Å². The molecule has 20 heavy (non-hydrogen) atoms. The lowest BCUT2D eigenvalue weighted by atomic mass is 10.1. The van der Waals surface area contributed by atoms with Crippen molar-refractivity contribution >= 4 is 11.9 Å². The average Bonchev–Trinajstić information content (AvgIpc) is 3.29. The monoisotopic (exact) mass is 273 g/mol. The number of nitrogens with one attached hydrogen (secondary N) is 1. The molecule has 3 unspecified atom stereocenters. The van der Waals surface area contributed by atoms with E-state index in [1.54, 1.807) is 0 Å². The third kappa shape index (κ3) is 3.00. The van der Waals surface area contributed by atoms with E-state index in [4.69, 9.17) is 5.11 Å². The van der Waals surface area contributed by atoms with E-state index >= 15 is 0 Å². The zero-order chi connectivity index (χ0) is 14.1. The van der Waals surface area contributed by atoms with E-state index < -0.39 is 5.97 Å². The molecule has 0 radical (unpaired) electrons. The molecule has 1 aromatic rings. The van der Waals surface area contributed by atoms with E-state index in [0.717, 1.165) is 19.3 Å². The fraction of sp³-hybridized carbons (Fsp3) is 0.500. The zero-order valence-corrected chi connectivity index (χ0v) is 11.3. The summed E-state index contributed by atoms with van der Waals surface area (Å²) in [5, 5.41) is 11.9. The lowest BCUT2D eigenvalue weighted by Crippen LogP contribution is -2.39. The number of amides is 1. The largest absolute Gasteiger partial charge is 0.481 e. The van der Waals surface area contributed by atoms with Crippen LogP contribution >= 0.6 is 0 Å². The number of aliphatic carboxylic acids is 1. The van der Waals surface area contributed by atoms with Crippen LogP contribution in [0.5, 0.6) is 0 Å². The fourth-order valence-corrected chi connectivity index (χ4v) is 2.87. The Hall–Kier alpha value is -1.84. The summed E-state index contributed by atoms with van der Waals surface area (Å²) in [6.07, 6.45) is 2.98. The number of carboxylic acid groups (broad SMARTS) is 1. The second-order valence-electron chi connectivity index (χ2n) is 5.91. The summed E-state index contributed by atoms with van der Waals surface area (Å²) < 4.78 is 0. The van der Waals surface area contributed by atoms with Crippen molar-refractivity contribution in [2.75, 3.05) is 0 Å². The normalized spacial score (nSPS) is 25.8. The van der Waals surface area contributed by atoms with Gasteiger partial charge >= 0.3 is 5.97 Å². The Labute approximate surface area is 118 Å². The topological polar surface area (TPSA) is 66.4 Å². The van der Waals surface area contributed by atoms with Crippen LogP contribution in [0.15, 0.2) is 30.3 Å². The van der Waals surface area contributed by atoms with Crippen molar-refractivity contribution in [3.05, 3.63) is 35.9 Å². The van der Waals surface area contributed by atoms with Crippen LogP contribution in [0.3, 0.4) is 0 Å². The molecular formula is C16H19NO3. The summed E-state index contributed by atoms with van der Waals surface area (Å²) in [6.45, 7) is 0. The van der Waals surface area contributed by atoms with Gasteiger partial charge in [-0.15, -0.1) is 0 Å². The number of carbonyl (C=O) groups excluding carboxylic acids is 1. The van der Waals surface area contributed by atoms with Gasteiger partial charge < -0.3 is 10.4 Å². The molecular weight excluding hydrogens is 254 g/mol. The molecule has 4 heteroatoms. The highest BCUT2D eigenvalue weighted by molar-refractivity contribution is 5.83. The van der Waals surface area contributed by atoms with Crippen molar-refractivity contribution in [1.29, 1.82) is 0 Å². The Bertz CT molecular complexity index is 510. The van der Waals surface area contributed by atoms with Crippen LogP contribution < -0.4 is 5.32 Å².